The quantitative estimate of drug-likeness (QED) is 0.698. The number of hydrogen-bond acceptors (Lipinski definition) is 2. The van der Waals surface area contributed by atoms with E-state index in [0.717, 1.165) is 0 Å². The highest BCUT2D eigenvalue weighted by molar-refractivity contribution is 5.87. The average molecular weight is 322 g/mol. The second kappa shape index (κ2) is 5.67. The molecule has 0 spiro atoms. The molecule has 2 aliphatic rings. The molecular weight excluding hydrogens is 304 g/mol. The molecule has 2 nitrogen and oxygen atoms in total. The molecule has 0 bridgehead atoms. The summed E-state index contributed by atoms with van der Waals surface area (Å²) in [5, 5.41) is 3.76. The summed E-state index contributed by atoms with van der Waals surface area (Å²) in [7, 11) is 0. The third-order valence-corrected chi connectivity index (χ3v) is 4.85. The molecule has 1 N–H and O–H groups in total. The van der Waals surface area contributed by atoms with Crippen molar-refractivity contribution < 1.29 is 0 Å². The molecular formula is C23H18N2. The van der Waals surface area contributed by atoms with Crippen LogP contribution in [0.25, 0.3) is 11.8 Å². The van der Waals surface area contributed by atoms with Crippen molar-refractivity contribution in [3.63, 3.8) is 0 Å². The van der Waals surface area contributed by atoms with Crippen LogP contribution in [0, 0.1) is 0 Å². The zero-order valence-electron chi connectivity index (χ0n) is 13.8. The summed E-state index contributed by atoms with van der Waals surface area (Å²) in [4.78, 5) is 2.41. The van der Waals surface area contributed by atoms with Gasteiger partial charge in [-0.15, -0.1) is 0 Å². The van der Waals surface area contributed by atoms with Crippen LogP contribution in [0.5, 0.6) is 0 Å². The molecule has 0 aromatic heterocycles. The molecule has 25 heavy (non-hydrogen) atoms. The number of benzene rings is 3. The Morgan fingerprint density at radius 2 is 1.36 bits per heavy atom. The highest BCUT2D eigenvalue weighted by atomic mass is 15.3. The van der Waals surface area contributed by atoms with Gasteiger partial charge in [-0.1, -0.05) is 84.9 Å². The topological polar surface area (TPSA) is 15.3 Å². The Morgan fingerprint density at radius 3 is 2.16 bits per heavy atom. The number of para-hydroxylation sites is 1. The van der Waals surface area contributed by atoms with Crippen molar-refractivity contribution in [2.45, 2.75) is 6.17 Å². The molecule has 1 atom stereocenters. The lowest BCUT2D eigenvalue weighted by atomic mass is 10.0. The van der Waals surface area contributed by atoms with Gasteiger partial charge in [0, 0.05) is 0 Å². The van der Waals surface area contributed by atoms with Gasteiger partial charge < -0.3 is 10.2 Å². The minimum absolute atomic E-state index is 0.0949. The van der Waals surface area contributed by atoms with Gasteiger partial charge in [0.05, 0.1) is 17.1 Å². The largest absolute Gasteiger partial charge is 0.359 e. The fraction of sp³-hybridized carbons (Fsp3) is 0.0435. The first kappa shape index (κ1) is 14.1. The SMILES string of the molecule is C1=Cc2ccccc2N2C1=C(c1ccccc1)NC2c1ccccc1. The average Bonchev–Trinajstić information content (AvgIpc) is 3.09. The van der Waals surface area contributed by atoms with Crippen LogP contribution in [-0.4, -0.2) is 0 Å². The lowest BCUT2D eigenvalue weighted by molar-refractivity contribution is 0.668. The summed E-state index contributed by atoms with van der Waals surface area (Å²) in [6.45, 7) is 0. The van der Waals surface area contributed by atoms with Gasteiger partial charge in [-0.05, 0) is 28.8 Å². The van der Waals surface area contributed by atoms with E-state index < -0.39 is 0 Å². The van der Waals surface area contributed by atoms with E-state index in [1.807, 2.05) is 0 Å². The van der Waals surface area contributed by atoms with Crippen LogP contribution in [0.3, 0.4) is 0 Å². The maximum atomic E-state index is 3.76. The summed E-state index contributed by atoms with van der Waals surface area (Å²) < 4.78 is 0. The molecule has 0 saturated heterocycles. The summed E-state index contributed by atoms with van der Waals surface area (Å²) in [5.41, 5.74) is 7.37. The van der Waals surface area contributed by atoms with Crippen molar-refractivity contribution >= 4 is 17.5 Å². The fourth-order valence-electron chi connectivity index (χ4n) is 3.69. The lowest BCUT2D eigenvalue weighted by Gasteiger charge is -2.32. The summed E-state index contributed by atoms with van der Waals surface area (Å²) in [6.07, 6.45) is 4.53. The standard InChI is InChI=1S/C23H18N2/c1-3-10-18(11-4-1)22-21-16-15-17-9-7-8-14-20(17)25(21)23(24-22)19-12-5-2-6-13-19/h1-16,23-24H. The highest BCUT2D eigenvalue weighted by Gasteiger charge is 2.35. The van der Waals surface area contributed by atoms with E-state index in [1.54, 1.807) is 0 Å². The molecule has 3 aromatic carbocycles. The van der Waals surface area contributed by atoms with Gasteiger partial charge in [0.2, 0.25) is 0 Å². The Bertz CT molecular complexity index is 971. The van der Waals surface area contributed by atoms with Crippen LogP contribution in [-0.2, 0) is 0 Å². The number of rotatable bonds is 2. The molecule has 0 radical (unpaired) electrons. The number of hydrogen-bond donors (Lipinski definition) is 1. The molecule has 120 valence electrons. The second-order valence-corrected chi connectivity index (χ2v) is 6.35. The molecule has 0 saturated carbocycles. The summed E-state index contributed by atoms with van der Waals surface area (Å²) >= 11 is 0. The number of nitrogens with zero attached hydrogens (tertiary/aromatic N) is 1. The number of anilines is 1. The molecule has 0 amide bonds. The zero-order chi connectivity index (χ0) is 16.6. The molecule has 2 heteroatoms. The third-order valence-electron chi connectivity index (χ3n) is 4.85. The van der Waals surface area contributed by atoms with Gasteiger partial charge in [-0.3, -0.25) is 0 Å². The van der Waals surface area contributed by atoms with E-state index >= 15 is 0 Å². The molecule has 2 aliphatic heterocycles. The van der Waals surface area contributed by atoms with Crippen molar-refractivity contribution in [3.05, 3.63) is 113 Å². The van der Waals surface area contributed by atoms with Crippen LogP contribution in [0.4, 0.5) is 5.69 Å². The molecule has 5 rings (SSSR count). The minimum atomic E-state index is 0.0949. The van der Waals surface area contributed by atoms with Gasteiger partial charge in [-0.2, -0.15) is 0 Å². The van der Waals surface area contributed by atoms with Crippen molar-refractivity contribution in [1.29, 1.82) is 0 Å². The fourth-order valence-corrected chi connectivity index (χ4v) is 3.69. The Balaban J connectivity index is 1.70. The van der Waals surface area contributed by atoms with Crippen LogP contribution >= 0.6 is 0 Å². The first-order chi connectivity index (χ1) is 12.4. The van der Waals surface area contributed by atoms with Crippen LogP contribution in [0.1, 0.15) is 22.9 Å². The van der Waals surface area contributed by atoms with Crippen molar-refractivity contribution in [2.24, 2.45) is 0 Å². The highest BCUT2D eigenvalue weighted by Crippen LogP contribution is 2.43. The van der Waals surface area contributed by atoms with E-state index in [2.05, 4.69) is 107 Å². The van der Waals surface area contributed by atoms with E-state index in [4.69, 9.17) is 0 Å². The first-order valence-electron chi connectivity index (χ1n) is 8.59. The second-order valence-electron chi connectivity index (χ2n) is 6.35. The smallest absolute Gasteiger partial charge is 0.130 e. The summed E-state index contributed by atoms with van der Waals surface area (Å²) in [5.74, 6) is 0. The van der Waals surface area contributed by atoms with Gasteiger partial charge in [0.15, 0.2) is 0 Å². The van der Waals surface area contributed by atoms with Crippen molar-refractivity contribution in [2.75, 3.05) is 4.90 Å². The molecule has 0 fully saturated rings. The molecule has 1 unspecified atom stereocenters. The number of nitrogens with one attached hydrogen (secondary N) is 1. The van der Waals surface area contributed by atoms with Gasteiger partial charge >= 0.3 is 0 Å². The van der Waals surface area contributed by atoms with Crippen LogP contribution in [0.15, 0.2) is 96.7 Å². The van der Waals surface area contributed by atoms with Gasteiger partial charge in [0.25, 0.3) is 0 Å². The number of allylic oxidation sites excluding steroid dienone is 1. The minimum Gasteiger partial charge on any atom is -0.359 e. The maximum absolute atomic E-state index is 3.76. The Labute approximate surface area is 147 Å². The Kier molecular flexibility index (Phi) is 3.20. The zero-order valence-corrected chi connectivity index (χ0v) is 13.8. The van der Waals surface area contributed by atoms with Crippen LogP contribution < -0.4 is 10.2 Å². The van der Waals surface area contributed by atoms with Crippen molar-refractivity contribution in [3.8, 4) is 0 Å². The monoisotopic (exact) mass is 322 g/mol. The van der Waals surface area contributed by atoms with E-state index in [9.17, 15) is 0 Å². The molecule has 0 aliphatic carbocycles. The molecule has 3 aromatic rings. The van der Waals surface area contributed by atoms with Crippen LogP contribution in [0.2, 0.25) is 0 Å². The third kappa shape index (κ3) is 2.26. The summed E-state index contributed by atoms with van der Waals surface area (Å²) in [6, 6.07) is 29.8. The van der Waals surface area contributed by atoms with E-state index in [0.29, 0.717) is 0 Å². The van der Waals surface area contributed by atoms with Gasteiger partial charge in [-0.25, -0.2) is 0 Å². The molecule has 2 heterocycles. The number of fused-ring (bicyclic) bond motifs is 3. The normalized spacial score (nSPS) is 17.9. The van der Waals surface area contributed by atoms with Crippen molar-refractivity contribution in [1.82, 2.24) is 5.32 Å². The predicted molar refractivity (Wildman–Crippen MR) is 104 cm³/mol. The lowest BCUT2D eigenvalue weighted by Crippen LogP contribution is -2.30. The Hall–Kier alpha value is -3.26. The van der Waals surface area contributed by atoms with E-state index in [-0.39, 0.29) is 6.17 Å². The van der Waals surface area contributed by atoms with Gasteiger partial charge in [0.1, 0.15) is 6.17 Å². The maximum Gasteiger partial charge on any atom is 0.130 e. The first-order valence-corrected chi connectivity index (χ1v) is 8.59. The van der Waals surface area contributed by atoms with E-state index in [1.165, 1.54) is 33.8 Å². The Morgan fingerprint density at radius 1 is 0.680 bits per heavy atom. The predicted octanol–water partition coefficient (Wildman–Crippen LogP) is 5.19.